The SMILES string of the molecule is CC(C)(C)OC(=O)N1CCC(OCCNC2CCNC2)CC1. The van der Waals surface area contributed by atoms with Crippen molar-refractivity contribution in [3.63, 3.8) is 0 Å². The zero-order chi connectivity index (χ0) is 16.0. The zero-order valence-corrected chi connectivity index (χ0v) is 14.2. The number of hydrogen-bond donors (Lipinski definition) is 2. The monoisotopic (exact) mass is 313 g/mol. The Morgan fingerprint density at radius 2 is 2.00 bits per heavy atom. The summed E-state index contributed by atoms with van der Waals surface area (Å²) in [4.78, 5) is 13.8. The number of hydrogen-bond acceptors (Lipinski definition) is 5. The lowest BCUT2D eigenvalue weighted by molar-refractivity contribution is -0.0107. The molecule has 0 aromatic heterocycles. The van der Waals surface area contributed by atoms with Gasteiger partial charge in [0.1, 0.15) is 5.60 Å². The molecule has 1 atom stereocenters. The van der Waals surface area contributed by atoms with Crippen LogP contribution in [-0.2, 0) is 9.47 Å². The Morgan fingerprint density at radius 1 is 1.27 bits per heavy atom. The highest BCUT2D eigenvalue weighted by Crippen LogP contribution is 2.17. The third-order valence-electron chi connectivity index (χ3n) is 4.04. The van der Waals surface area contributed by atoms with Crippen molar-refractivity contribution in [1.29, 1.82) is 0 Å². The molecule has 2 rings (SSSR count). The average molecular weight is 313 g/mol. The van der Waals surface area contributed by atoms with E-state index in [9.17, 15) is 4.79 Å². The van der Waals surface area contributed by atoms with E-state index in [4.69, 9.17) is 9.47 Å². The summed E-state index contributed by atoms with van der Waals surface area (Å²) in [5.41, 5.74) is -0.425. The molecule has 0 bridgehead atoms. The topological polar surface area (TPSA) is 62.8 Å². The van der Waals surface area contributed by atoms with Gasteiger partial charge in [-0.3, -0.25) is 0 Å². The predicted octanol–water partition coefficient (Wildman–Crippen LogP) is 1.35. The largest absolute Gasteiger partial charge is 0.444 e. The van der Waals surface area contributed by atoms with Gasteiger partial charge < -0.3 is 25.0 Å². The second-order valence-corrected chi connectivity index (χ2v) is 7.18. The number of carbonyl (C=O) groups is 1. The normalized spacial score (nSPS) is 23.8. The smallest absolute Gasteiger partial charge is 0.410 e. The van der Waals surface area contributed by atoms with E-state index in [2.05, 4.69) is 10.6 Å². The van der Waals surface area contributed by atoms with E-state index >= 15 is 0 Å². The highest BCUT2D eigenvalue weighted by molar-refractivity contribution is 5.68. The Morgan fingerprint density at radius 3 is 2.59 bits per heavy atom. The van der Waals surface area contributed by atoms with Crippen LogP contribution in [0.4, 0.5) is 4.79 Å². The van der Waals surface area contributed by atoms with E-state index in [0.29, 0.717) is 6.04 Å². The van der Waals surface area contributed by atoms with Gasteiger partial charge in [0.25, 0.3) is 0 Å². The number of ether oxygens (including phenoxy) is 2. The maximum absolute atomic E-state index is 12.0. The Balaban J connectivity index is 1.55. The first-order valence-corrected chi connectivity index (χ1v) is 8.48. The molecule has 0 saturated carbocycles. The van der Waals surface area contributed by atoms with E-state index in [1.165, 1.54) is 6.42 Å². The third-order valence-corrected chi connectivity index (χ3v) is 4.04. The van der Waals surface area contributed by atoms with Crippen LogP contribution in [-0.4, -0.2) is 68.1 Å². The predicted molar refractivity (Wildman–Crippen MR) is 86.1 cm³/mol. The van der Waals surface area contributed by atoms with E-state index < -0.39 is 5.60 Å². The average Bonchev–Trinajstić information content (AvgIpc) is 2.95. The molecule has 2 saturated heterocycles. The molecule has 0 aliphatic carbocycles. The molecule has 0 aromatic rings. The van der Waals surface area contributed by atoms with Gasteiger partial charge in [-0.25, -0.2) is 4.79 Å². The van der Waals surface area contributed by atoms with Gasteiger partial charge >= 0.3 is 6.09 Å². The lowest BCUT2D eigenvalue weighted by atomic mass is 10.1. The molecule has 2 aliphatic heterocycles. The number of amides is 1. The first kappa shape index (κ1) is 17.5. The van der Waals surface area contributed by atoms with Crippen LogP contribution < -0.4 is 10.6 Å². The van der Waals surface area contributed by atoms with Gasteiger partial charge in [-0.2, -0.15) is 0 Å². The van der Waals surface area contributed by atoms with Crippen molar-refractivity contribution in [2.45, 2.75) is 57.8 Å². The molecular formula is C16H31N3O3. The van der Waals surface area contributed by atoms with E-state index in [1.54, 1.807) is 4.90 Å². The second-order valence-electron chi connectivity index (χ2n) is 7.18. The molecule has 128 valence electrons. The van der Waals surface area contributed by atoms with Gasteiger partial charge in [0.2, 0.25) is 0 Å². The molecule has 2 N–H and O–H groups in total. The van der Waals surface area contributed by atoms with Gasteiger partial charge in [0, 0.05) is 32.2 Å². The fourth-order valence-electron chi connectivity index (χ4n) is 2.85. The molecule has 6 nitrogen and oxygen atoms in total. The number of nitrogens with zero attached hydrogens (tertiary/aromatic N) is 1. The number of rotatable bonds is 5. The van der Waals surface area contributed by atoms with E-state index in [1.807, 2.05) is 20.8 Å². The number of carbonyl (C=O) groups excluding carboxylic acids is 1. The fourth-order valence-corrected chi connectivity index (χ4v) is 2.85. The van der Waals surface area contributed by atoms with Crippen molar-refractivity contribution >= 4 is 6.09 Å². The summed E-state index contributed by atoms with van der Waals surface area (Å²) in [5, 5.41) is 6.84. The van der Waals surface area contributed by atoms with Crippen LogP contribution in [0.1, 0.15) is 40.0 Å². The summed E-state index contributed by atoms with van der Waals surface area (Å²) >= 11 is 0. The van der Waals surface area contributed by atoms with E-state index in [0.717, 1.165) is 52.2 Å². The molecule has 22 heavy (non-hydrogen) atoms. The summed E-state index contributed by atoms with van der Waals surface area (Å²) in [6.45, 7) is 11.0. The molecule has 0 radical (unpaired) electrons. The standard InChI is InChI=1S/C16H31N3O3/c1-16(2,3)22-15(20)19-9-5-14(6-10-19)21-11-8-18-13-4-7-17-12-13/h13-14,17-18H,4-12H2,1-3H3. The van der Waals surface area contributed by atoms with Crippen LogP contribution >= 0.6 is 0 Å². The first-order valence-electron chi connectivity index (χ1n) is 8.48. The highest BCUT2D eigenvalue weighted by Gasteiger charge is 2.27. The molecule has 6 heteroatoms. The highest BCUT2D eigenvalue weighted by atomic mass is 16.6. The number of piperidine rings is 1. The Kier molecular flexibility index (Phi) is 6.47. The van der Waals surface area contributed by atoms with E-state index in [-0.39, 0.29) is 12.2 Å². The maximum Gasteiger partial charge on any atom is 0.410 e. The molecule has 2 aliphatic rings. The summed E-state index contributed by atoms with van der Waals surface area (Å²) < 4.78 is 11.3. The Bertz CT molecular complexity index is 343. The first-order chi connectivity index (χ1) is 10.4. The minimum Gasteiger partial charge on any atom is -0.444 e. The Hall–Kier alpha value is -0.850. The third kappa shape index (κ3) is 6.10. The fraction of sp³-hybridized carbons (Fsp3) is 0.938. The van der Waals surface area contributed by atoms with Crippen LogP contribution in [0, 0.1) is 0 Å². The van der Waals surface area contributed by atoms with Crippen LogP contribution in [0.15, 0.2) is 0 Å². The van der Waals surface area contributed by atoms with Gasteiger partial charge in [-0.05, 0) is 46.6 Å². The summed E-state index contributed by atoms with van der Waals surface area (Å²) in [5.74, 6) is 0. The zero-order valence-electron chi connectivity index (χ0n) is 14.2. The van der Waals surface area contributed by atoms with Gasteiger partial charge in [-0.1, -0.05) is 0 Å². The van der Waals surface area contributed by atoms with Crippen molar-refractivity contribution in [3.05, 3.63) is 0 Å². The minimum absolute atomic E-state index is 0.207. The Labute approximate surface area is 133 Å². The van der Waals surface area contributed by atoms with Crippen molar-refractivity contribution in [2.24, 2.45) is 0 Å². The summed E-state index contributed by atoms with van der Waals surface area (Å²) in [6.07, 6.45) is 3.05. The van der Waals surface area contributed by atoms with Crippen LogP contribution in [0.2, 0.25) is 0 Å². The van der Waals surface area contributed by atoms with Crippen molar-refractivity contribution in [1.82, 2.24) is 15.5 Å². The molecule has 2 heterocycles. The van der Waals surface area contributed by atoms with Crippen molar-refractivity contribution in [3.8, 4) is 0 Å². The lowest BCUT2D eigenvalue weighted by Gasteiger charge is -2.33. The molecular weight excluding hydrogens is 282 g/mol. The number of nitrogens with one attached hydrogen (secondary N) is 2. The van der Waals surface area contributed by atoms with Crippen molar-refractivity contribution < 1.29 is 14.3 Å². The lowest BCUT2D eigenvalue weighted by Crippen LogP contribution is -2.44. The summed E-state index contributed by atoms with van der Waals surface area (Å²) in [6, 6.07) is 0.595. The van der Waals surface area contributed by atoms with Crippen LogP contribution in [0.25, 0.3) is 0 Å². The van der Waals surface area contributed by atoms with Crippen LogP contribution in [0.5, 0.6) is 0 Å². The molecule has 2 fully saturated rings. The minimum atomic E-state index is -0.425. The molecule has 0 aromatic carbocycles. The molecule has 1 amide bonds. The van der Waals surface area contributed by atoms with Crippen molar-refractivity contribution in [2.75, 3.05) is 39.3 Å². The maximum atomic E-state index is 12.0. The second kappa shape index (κ2) is 8.13. The van der Waals surface area contributed by atoms with Crippen LogP contribution in [0.3, 0.4) is 0 Å². The van der Waals surface area contributed by atoms with Gasteiger partial charge in [-0.15, -0.1) is 0 Å². The number of likely N-dealkylation sites (tertiary alicyclic amines) is 1. The summed E-state index contributed by atoms with van der Waals surface area (Å²) in [7, 11) is 0. The van der Waals surface area contributed by atoms with Gasteiger partial charge in [0.15, 0.2) is 0 Å². The van der Waals surface area contributed by atoms with Gasteiger partial charge in [0.05, 0.1) is 12.7 Å². The molecule has 0 spiro atoms. The molecule has 1 unspecified atom stereocenters. The quantitative estimate of drug-likeness (QED) is 0.750.